The van der Waals surface area contributed by atoms with E-state index in [0.29, 0.717) is 18.8 Å². The van der Waals surface area contributed by atoms with Gasteiger partial charge in [0.15, 0.2) is 12.6 Å². The Kier molecular flexibility index (Phi) is 11.1. The number of likely N-dealkylation sites (N-methyl/N-ethyl adjacent to an activating group) is 1. The first-order chi connectivity index (χ1) is 15.2. The van der Waals surface area contributed by atoms with Gasteiger partial charge in [0, 0.05) is 45.0 Å². The number of rotatable bonds is 8. The maximum Gasteiger partial charge on any atom is 0.257 e. The molecule has 2 aromatic rings. The number of aliphatic imine (C=N–C) groups is 1. The summed E-state index contributed by atoms with van der Waals surface area (Å²) in [7, 11) is 0. The minimum Gasteiger partial charge on any atom is -0.484 e. The van der Waals surface area contributed by atoms with Crippen LogP contribution in [0, 0.1) is 0 Å². The first-order valence-electron chi connectivity index (χ1n) is 11.0. The van der Waals surface area contributed by atoms with Crippen LogP contribution < -0.4 is 20.3 Å². The number of amides is 1. The molecule has 1 aliphatic rings. The van der Waals surface area contributed by atoms with Crippen molar-refractivity contribution in [1.29, 1.82) is 0 Å². The molecule has 0 saturated carbocycles. The van der Waals surface area contributed by atoms with Crippen LogP contribution in [0.5, 0.6) is 5.75 Å². The minimum absolute atomic E-state index is 0. The quantitative estimate of drug-likeness (QED) is 0.300. The number of nitrogens with zero attached hydrogens (tertiary/aromatic N) is 3. The number of benzene rings is 2. The predicted molar refractivity (Wildman–Crippen MR) is 141 cm³/mol. The number of para-hydroxylation sites is 1. The molecular weight excluding hydrogens is 517 g/mol. The molecule has 0 bridgehead atoms. The molecule has 2 aromatic carbocycles. The molecule has 8 heteroatoms. The molecule has 1 amide bonds. The van der Waals surface area contributed by atoms with E-state index in [1.807, 2.05) is 31.2 Å². The summed E-state index contributed by atoms with van der Waals surface area (Å²) < 4.78 is 5.59. The van der Waals surface area contributed by atoms with Gasteiger partial charge in [0.05, 0.1) is 6.54 Å². The van der Waals surface area contributed by atoms with Crippen molar-refractivity contribution in [2.45, 2.75) is 20.4 Å². The fraction of sp³-hybridized carbons (Fsp3) is 0.417. The van der Waals surface area contributed by atoms with Gasteiger partial charge in [-0.2, -0.15) is 0 Å². The van der Waals surface area contributed by atoms with Crippen LogP contribution in [0.4, 0.5) is 5.69 Å². The molecule has 0 aromatic heterocycles. The molecule has 7 nitrogen and oxygen atoms in total. The van der Waals surface area contributed by atoms with Crippen LogP contribution in [0.2, 0.25) is 0 Å². The number of hydrogen-bond donors (Lipinski definition) is 2. The highest BCUT2D eigenvalue weighted by molar-refractivity contribution is 14.0. The fourth-order valence-corrected chi connectivity index (χ4v) is 3.54. The van der Waals surface area contributed by atoms with E-state index in [4.69, 9.17) is 9.73 Å². The molecule has 1 aliphatic heterocycles. The second-order valence-electron chi connectivity index (χ2n) is 7.37. The van der Waals surface area contributed by atoms with Gasteiger partial charge in [-0.05, 0) is 43.7 Å². The lowest BCUT2D eigenvalue weighted by atomic mass is 10.2. The summed E-state index contributed by atoms with van der Waals surface area (Å²) in [5.74, 6) is 1.50. The summed E-state index contributed by atoms with van der Waals surface area (Å²) >= 11 is 0. The van der Waals surface area contributed by atoms with Crippen molar-refractivity contribution < 1.29 is 9.53 Å². The molecule has 0 atom stereocenters. The first-order valence-corrected chi connectivity index (χ1v) is 11.0. The zero-order valence-corrected chi connectivity index (χ0v) is 21.2. The first kappa shape index (κ1) is 25.8. The number of ether oxygens (including phenoxy) is 1. The van der Waals surface area contributed by atoms with Crippen LogP contribution in [0.1, 0.15) is 19.4 Å². The molecule has 0 unspecified atom stereocenters. The Hall–Kier alpha value is -2.49. The zero-order chi connectivity index (χ0) is 21.9. The topological polar surface area (TPSA) is 69.2 Å². The average molecular weight is 551 g/mol. The van der Waals surface area contributed by atoms with E-state index in [0.717, 1.165) is 44.2 Å². The number of guanidine groups is 1. The van der Waals surface area contributed by atoms with Crippen molar-refractivity contribution in [3.63, 3.8) is 0 Å². The molecule has 0 aliphatic carbocycles. The van der Waals surface area contributed by atoms with Gasteiger partial charge >= 0.3 is 0 Å². The standard InChI is InChI=1S/C24H33N5O2.HI/c1-3-25-23(30)19-31-22-12-8-9-20(17-22)18-27-24(26-4-2)29-15-13-28(14-16-29)21-10-6-5-7-11-21;/h5-12,17H,3-4,13-16,18-19H2,1-2H3,(H,25,30)(H,26,27);1H. The predicted octanol–water partition coefficient (Wildman–Crippen LogP) is 3.11. The van der Waals surface area contributed by atoms with Crippen LogP contribution in [-0.2, 0) is 11.3 Å². The van der Waals surface area contributed by atoms with Gasteiger partial charge in [-0.3, -0.25) is 4.79 Å². The summed E-state index contributed by atoms with van der Waals surface area (Å²) in [5.41, 5.74) is 2.32. The van der Waals surface area contributed by atoms with Gasteiger partial charge in [0.2, 0.25) is 0 Å². The Morgan fingerprint density at radius 3 is 2.38 bits per heavy atom. The third-order valence-corrected chi connectivity index (χ3v) is 5.09. The maximum absolute atomic E-state index is 11.6. The Morgan fingerprint density at radius 2 is 1.69 bits per heavy atom. The summed E-state index contributed by atoms with van der Waals surface area (Å²) in [4.78, 5) is 21.2. The highest BCUT2D eigenvalue weighted by Gasteiger charge is 2.19. The Morgan fingerprint density at radius 1 is 0.969 bits per heavy atom. The number of halogens is 1. The van der Waals surface area contributed by atoms with Gasteiger partial charge in [-0.15, -0.1) is 24.0 Å². The van der Waals surface area contributed by atoms with Gasteiger partial charge in [-0.1, -0.05) is 30.3 Å². The zero-order valence-electron chi connectivity index (χ0n) is 18.9. The molecule has 1 heterocycles. The van der Waals surface area contributed by atoms with E-state index >= 15 is 0 Å². The van der Waals surface area contributed by atoms with Gasteiger partial charge < -0.3 is 25.2 Å². The lowest BCUT2D eigenvalue weighted by Crippen LogP contribution is -2.52. The van der Waals surface area contributed by atoms with Gasteiger partial charge in [0.25, 0.3) is 5.91 Å². The molecule has 3 rings (SSSR count). The molecule has 174 valence electrons. The number of piperazine rings is 1. The molecule has 1 saturated heterocycles. The number of nitrogens with one attached hydrogen (secondary N) is 2. The highest BCUT2D eigenvalue weighted by atomic mass is 127. The lowest BCUT2D eigenvalue weighted by Gasteiger charge is -2.37. The van der Waals surface area contributed by atoms with Crippen molar-refractivity contribution in [2.75, 3.05) is 50.8 Å². The average Bonchev–Trinajstić information content (AvgIpc) is 2.82. The SMILES string of the molecule is CCNC(=O)COc1cccc(CN=C(NCC)N2CCN(c3ccccc3)CC2)c1.I. The number of hydrogen-bond acceptors (Lipinski definition) is 4. The second kappa shape index (κ2) is 13.8. The van der Waals surface area contributed by atoms with Crippen LogP contribution in [0.3, 0.4) is 0 Å². The largest absolute Gasteiger partial charge is 0.484 e. The van der Waals surface area contributed by atoms with Crippen LogP contribution >= 0.6 is 24.0 Å². The van der Waals surface area contributed by atoms with Crippen molar-refractivity contribution in [3.05, 3.63) is 60.2 Å². The van der Waals surface area contributed by atoms with E-state index < -0.39 is 0 Å². The molecule has 0 radical (unpaired) electrons. The van der Waals surface area contributed by atoms with Crippen LogP contribution in [-0.4, -0.2) is 62.6 Å². The molecule has 32 heavy (non-hydrogen) atoms. The Balaban J connectivity index is 0.00000363. The Labute approximate surface area is 208 Å². The number of carbonyl (C=O) groups excluding carboxylic acids is 1. The van der Waals surface area contributed by atoms with E-state index in [1.54, 1.807) is 0 Å². The van der Waals surface area contributed by atoms with E-state index in [-0.39, 0.29) is 36.5 Å². The van der Waals surface area contributed by atoms with Crippen LogP contribution in [0.25, 0.3) is 0 Å². The van der Waals surface area contributed by atoms with E-state index in [2.05, 4.69) is 57.7 Å². The Bertz CT molecular complexity index is 854. The second-order valence-corrected chi connectivity index (χ2v) is 7.37. The minimum atomic E-state index is -0.116. The van der Waals surface area contributed by atoms with E-state index in [1.165, 1.54) is 5.69 Å². The third-order valence-electron chi connectivity index (χ3n) is 5.09. The summed E-state index contributed by atoms with van der Waals surface area (Å²) in [6.45, 7) is 9.78. The highest BCUT2D eigenvalue weighted by Crippen LogP contribution is 2.17. The van der Waals surface area contributed by atoms with Crippen LogP contribution in [0.15, 0.2) is 59.6 Å². The molecular formula is C24H34IN5O2. The third kappa shape index (κ3) is 7.89. The lowest BCUT2D eigenvalue weighted by molar-refractivity contribution is -0.122. The monoisotopic (exact) mass is 551 g/mol. The van der Waals surface area contributed by atoms with Gasteiger partial charge in [0.1, 0.15) is 5.75 Å². The van der Waals surface area contributed by atoms with E-state index in [9.17, 15) is 4.79 Å². The summed E-state index contributed by atoms with van der Waals surface area (Å²) in [5, 5.41) is 6.15. The van der Waals surface area contributed by atoms with Gasteiger partial charge in [-0.25, -0.2) is 4.99 Å². The molecule has 1 fully saturated rings. The summed E-state index contributed by atoms with van der Waals surface area (Å²) in [6, 6.07) is 18.3. The molecule has 0 spiro atoms. The van der Waals surface area contributed by atoms with Crippen molar-refractivity contribution >= 4 is 41.5 Å². The van der Waals surface area contributed by atoms with Crippen molar-refractivity contribution in [3.8, 4) is 5.75 Å². The normalized spacial score (nSPS) is 13.9. The number of anilines is 1. The van der Waals surface area contributed by atoms with Crippen molar-refractivity contribution in [2.24, 2.45) is 4.99 Å². The summed E-state index contributed by atoms with van der Waals surface area (Å²) in [6.07, 6.45) is 0. The fourth-order valence-electron chi connectivity index (χ4n) is 3.54. The van der Waals surface area contributed by atoms with Crippen molar-refractivity contribution in [1.82, 2.24) is 15.5 Å². The maximum atomic E-state index is 11.6. The molecule has 2 N–H and O–H groups in total. The number of carbonyl (C=O) groups is 1. The smallest absolute Gasteiger partial charge is 0.257 e.